The first-order valence-electron chi connectivity index (χ1n) is 8.44. The fourth-order valence-electron chi connectivity index (χ4n) is 5.40. The summed E-state index contributed by atoms with van der Waals surface area (Å²) in [6.45, 7) is 5.73. The molecule has 0 radical (unpaired) electrons. The molecular weight excluding hydrogens is 254 g/mol. The van der Waals surface area contributed by atoms with Gasteiger partial charge in [0.2, 0.25) is 0 Å². The molecular formula is C16H28NO3+. The molecule has 2 aliphatic heterocycles. The smallest absolute Gasteiger partial charge is 0.179 e. The highest BCUT2D eigenvalue weighted by Gasteiger charge is 2.61. The maximum atomic E-state index is 6.25. The Balaban J connectivity index is 1.64. The van der Waals surface area contributed by atoms with Crippen LogP contribution in [0, 0.1) is 11.8 Å². The average molecular weight is 282 g/mol. The minimum atomic E-state index is -0.221. The van der Waals surface area contributed by atoms with E-state index >= 15 is 0 Å². The van der Waals surface area contributed by atoms with Crippen LogP contribution in [-0.2, 0) is 14.2 Å². The summed E-state index contributed by atoms with van der Waals surface area (Å²) in [5, 5.41) is 0. The maximum absolute atomic E-state index is 6.25. The summed E-state index contributed by atoms with van der Waals surface area (Å²) < 4.78 is 19.3. The van der Waals surface area contributed by atoms with E-state index in [4.69, 9.17) is 14.2 Å². The van der Waals surface area contributed by atoms with E-state index in [1.807, 2.05) is 0 Å². The molecule has 4 nitrogen and oxygen atoms in total. The van der Waals surface area contributed by atoms with Crippen molar-refractivity contribution in [2.45, 2.75) is 43.9 Å². The van der Waals surface area contributed by atoms with Crippen molar-refractivity contribution in [3.8, 4) is 0 Å². The van der Waals surface area contributed by atoms with Gasteiger partial charge in [0.25, 0.3) is 0 Å². The predicted molar refractivity (Wildman–Crippen MR) is 75.2 cm³/mol. The first-order valence-corrected chi connectivity index (χ1v) is 8.44. The third kappa shape index (κ3) is 1.88. The number of rotatable bonds is 1. The zero-order valence-corrected chi connectivity index (χ0v) is 12.7. The van der Waals surface area contributed by atoms with Crippen LogP contribution in [0.25, 0.3) is 0 Å². The SMILES string of the molecule is C[N+]1([C@@H]2CC[C@H]3CCC[C@@H]2C32OCCO2)CCOCC1. The van der Waals surface area contributed by atoms with Gasteiger partial charge in [-0.05, 0) is 19.3 Å². The molecule has 0 aromatic rings. The molecule has 4 heteroatoms. The van der Waals surface area contributed by atoms with Gasteiger partial charge in [-0.2, -0.15) is 0 Å². The van der Waals surface area contributed by atoms with Gasteiger partial charge in [0.15, 0.2) is 5.79 Å². The number of nitrogens with zero attached hydrogens (tertiary/aromatic N) is 1. The summed E-state index contributed by atoms with van der Waals surface area (Å²) in [7, 11) is 2.44. The lowest BCUT2D eigenvalue weighted by Crippen LogP contribution is -2.68. The molecule has 0 N–H and O–H groups in total. The Kier molecular flexibility index (Phi) is 3.33. The van der Waals surface area contributed by atoms with Crippen LogP contribution in [0.5, 0.6) is 0 Å². The summed E-state index contributed by atoms with van der Waals surface area (Å²) in [6.07, 6.45) is 6.58. The predicted octanol–water partition coefficient (Wildman–Crippen LogP) is 1.78. The maximum Gasteiger partial charge on any atom is 0.179 e. The van der Waals surface area contributed by atoms with Crippen LogP contribution in [0.2, 0.25) is 0 Å². The van der Waals surface area contributed by atoms with E-state index in [2.05, 4.69) is 7.05 Å². The zero-order chi connectivity index (χ0) is 13.6. The highest BCUT2D eigenvalue weighted by atomic mass is 16.7. The molecule has 4 rings (SSSR count). The molecule has 2 heterocycles. The third-order valence-corrected chi connectivity index (χ3v) is 6.46. The topological polar surface area (TPSA) is 27.7 Å². The van der Waals surface area contributed by atoms with Gasteiger partial charge in [0.05, 0.1) is 45.4 Å². The highest BCUT2D eigenvalue weighted by Crippen LogP contribution is 2.53. The number of morpholine rings is 1. The molecule has 114 valence electrons. The van der Waals surface area contributed by atoms with E-state index in [0.29, 0.717) is 17.9 Å². The number of likely N-dealkylation sites (N-methyl/N-ethyl adjacent to an activating group) is 1. The van der Waals surface area contributed by atoms with Gasteiger partial charge in [-0.3, -0.25) is 0 Å². The molecule has 0 aromatic heterocycles. The van der Waals surface area contributed by atoms with Gasteiger partial charge < -0.3 is 18.7 Å². The van der Waals surface area contributed by atoms with Crippen LogP contribution in [0.15, 0.2) is 0 Å². The van der Waals surface area contributed by atoms with Crippen LogP contribution >= 0.6 is 0 Å². The van der Waals surface area contributed by atoms with Gasteiger partial charge in [0, 0.05) is 12.3 Å². The summed E-state index contributed by atoms with van der Waals surface area (Å²) in [4.78, 5) is 0. The van der Waals surface area contributed by atoms with E-state index in [1.165, 1.54) is 36.6 Å². The monoisotopic (exact) mass is 282 g/mol. The fraction of sp³-hybridized carbons (Fsp3) is 1.00. The summed E-state index contributed by atoms with van der Waals surface area (Å²) in [5.41, 5.74) is 0. The second-order valence-corrected chi connectivity index (χ2v) is 7.34. The summed E-state index contributed by atoms with van der Waals surface area (Å²) >= 11 is 0. The van der Waals surface area contributed by atoms with Crippen LogP contribution in [0.4, 0.5) is 0 Å². The van der Waals surface area contributed by atoms with E-state index in [9.17, 15) is 0 Å². The Morgan fingerprint density at radius 3 is 2.40 bits per heavy atom. The van der Waals surface area contributed by atoms with Gasteiger partial charge in [-0.25, -0.2) is 0 Å². The fourth-order valence-corrected chi connectivity index (χ4v) is 5.40. The number of hydrogen-bond acceptors (Lipinski definition) is 3. The molecule has 0 unspecified atom stereocenters. The highest BCUT2D eigenvalue weighted by molar-refractivity contribution is 5.00. The molecule has 2 aliphatic carbocycles. The molecule has 1 spiro atoms. The minimum Gasteiger partial charge on any atom is -0.370 e. The molecule has 2 saturated heterocycles. The van der Waals surface area contributed by atoms with Crippen molar-refractivity contribution in [3.63, 3.8) is 0 Å². The Hall–Kier alpha value is -0.160. The molecule has 0 aromatic carbocycles. The van der Waals surface area contributed by atoms with E-state index < -0.39 is 0 Å². The van der Waals surface area contributed by atoms with Crippen molar-refractivity contribution in [2.24, 2.45) is 11.8 Å². The molecule has 0 amide bonds. The van der Waals surface area contributed by atoms with Crippen molar-refractivity contribution in [1.82, 2.24) is 0 Å². The van der Waals surface area contributed by atoms with Gasteiger partial charge in [-0.1, -0.05) is 6.42 Å². The summed E-state index contributed by atoms with van der Waals surface area (Å²) in [5.74, 6) is 1.02. The molecule has 4 aliphatic rings. The van der Waals surface area contributed by atoms with Crippen LogP contribution in [-0.4, -0.2) is 62.9 Å². The largest absolute Gasteiger partial charge is 0.370 e. The third-order valence-electron chi connectivity index (χ3n) is 6.46. The Labute approximate surface area is 122 Å². The average Bonchev–Trinajstić information content (AvgIpc) is 2.88. The van der Waals surface area contributed by atoms with Crippen molar-refractivity contribution in [1.29, 1.82) is 0 Å². The van der Waals surface area contributed by atoms with E-state index in [0.717, 1.165) is 39.5 Å². The molecule has 4 fully saturated rings. The number of quaternary nitrogens is 1. The van der Waals surface area contributed by atoms with E-state index in [1.54, 1.807) is 0 Å². The number of ether oxygens (including phenoxy) is 3. The van der Waals surface area contributed by atoms with Crippen LogP contribution < -0.4 is 0 Å². The van der Waals surface area contributed by atoms with Crippen molar-refractivity contribution in [2.75, 3.05) is 46.6 Å². The van der Waals surface area contributed by atoms with Crippen molar-refractivity contribution in [3.05, 3.63) is 0 Å². The second kappa shape index (κ2) is 4.94. The van der Waals surface area contributed by atoms with Crippen molar-refractivity contribution < 1.29 is 18.7 Å². The van der Waals surface area contributed by atoms with Gasteiger partial charge in [-0.15, -0.1) is 0 Å². The van der Waals surface area contributed by atoms with Gasteiger partial charge in [0.1, 0.15) is 13.1 Å². The van der Waals surface area contributed by atoms with Crippen molar-refractivity contribution >= 4 is 0 Å². The standard InChI is InChI=1S/C16H28NO3/c1-17(7-9-18-10-8-17)15-6-5-13-3-2-4-14(15)16(13)19-11-12-20-16/h13-15H,2-12H2,1H3/q+1/t13-,14+,15-/m1/s1. The quantitative estimate of drug-likeness (QED) is 0.686. The lowest BCUT2D eigenvalue weighted by atomic mass is 9.64. The minimum absolute atomic E-state index is 0.221. The Morgan fingerprint density at radius 1 is 0.900 bits per heavy atom. The molecule has 3 atom stereocenters. The Morgan fingerprint density at radius 2 is 1.65 bits per heavy atom. The zero-order valence-electron chi connectivity index (χ0n) is 12.7. The molecule has 2 saturated carbocycles. The first kappa shape index (κ1) is 13.5. The summed E-state index contributed by atoms with van der Waals surface area (Å²) in [6, 6.07) is 0.702. The lowest BCUT2D eigenvalue weighted by molar-refractivity contribution is -0.947. The van der Waals surface area contributed by atoms with Crippen LogP contribution in [0.3, 0.4) is 0 Å². The van der Waals surface area contributed by atoms with Crippen LogP contribution in [0.1, 0.15) is 32.1 Å². The molecule has 20 heavy (non-hydrogen) atoms. The normalized spacial score (nSPS) is 42.8. The second-order valence-electron chi connectivity index (χ2n) is 7.34. The Bertz CT molecular complexity index is 361. The van der Waals surface area contributed by atoms with E-state index in [-0.39, 0.29) is 5.79 Å². The van der Waals surface area contributed by atoms with Gasteiger partial charge >= 0.3 is 0 Å². The number of hydrogen-bond donors (Lipinski definition) is 0. The molecule has 2 bridgehead atoms. The first-order chi connectivity index (χ1) is 9.75. The lowest BCUT2D eigenvalue weighted by Gasteiger charge is -2.57.